The molecule has 1 heterocycles. The summed E-state index contributed by atoms with van der Waals surface area (Å²) in [6.07, 6.45) is 1.85. The van der Waals surface area contributed by atoms with Crippen LogP contribution in [-0.2, 0) is 4.74 Å². The molecule has 0 saturated carbocycles. The molecule has 1 aromatic heterocycles. The molecule has 3 nitrogen and oxygen atoms in total. The lowest BCUT2D eigenvalue weighted by Crippen LogP contribution is -2.09. The molecule has 13 heavy (non-hydrogen) atoms. The fourth-order valence-corrected chi connectivity index (χ4v) is 0.968. The van der Waals surface area contributed by atoms with Gasteiger partial charge in [0.1, 0.15) is 5.82 Å². The minimum absolute atomic E-state index is 0.728. The average molecular weight is 180 g/mol. The van der Waals surface area contributed by atoms with E-state index in [1.807, 2.05) is 32.2 Å². The normalized spacial score (nSPS) is 10.0. The lowest BCUT2D eigenvalue weighted by Gasteiger charge is -2.04. The molecule has 3 heteroatoms. The number of hydrogen-bond donors (Lipinski definition) is 1. The maximum atomic E-state index is 5.19. The van der Waals surface area contributed by atoms with E-state index in [2.05, 4.69) is 10.3 Å². The number of aromatic nitrogens is 1. The van der Waals surface area contributed by atoms with Gasteiger partial charge in [0.2, 0.25) is 0 Å². The lowest BCUT2D eigenvalue weighted by atomic mass is 10.3. The fraction of sp³-hybridized carbons (Fsp3) is 0.500. The van der Waals surface area contributed by atoms with Crippen LogP contribution in [0.15, 0.2) is 18.3 Å². The Morgan fingerprint density at radius 1 is 1.46 bits per heavy atom. The van der Waals surface area contributed by atoms with Gasteiger partial charge in [0.15, 0.2) is 0 Å². The molecule has 0 radical (unpaired) electrons. The van der Waals surface area contributed by atoms with Gasteiger partial charge < -0.3 is 10.1 Å². The van der Waals surface area contributed by atoms with Gasteiger partial charge in [-0.25, -0.2) is 4.98 Å². The minimum atomic E-state index is 0.728. The van der Waals surface area contributed by atoms with Crippen LogP contribution in [0.3, 0.4) is 0 Å². The summed E-state index contributed by atoms with van der Waals surface area (Å²) < 4.78 is 5.19. The van der Waals surface area contributed by atoms with Crippen molar-refractivity contribution in [2.24, 2.45) is 0 Å². The maximum Gasteiger partial charge on any atom is 0.125 e. The minimum Gasteiger partial charge on any atom is -0.380 e. The number of rotatable bonds is 5. The number of anilines is 1. The number of aryl methyl sites for hydroxylation is 1. The van der Waals surface area contributed by atoms with Crippen LogP contribution < -0.4 is 5.32 Å². The molecule has 0 aliphatic carbocycles. The molecule has 0 amide bonds. The fourth-order valence-electron chi connectivity index (χ4n) is 0.968. The Bertz CT molecular complexity index is 233. The van der Waals surface area contributed by atoms with Gasteiger partial charge in [-0.1, -0.05) is 6.07 Å². The summed E-state index contributed by atoms with van der Waals surface area (Å²) in [4.78, 5) is 4.21. The summed E-state index contributed by atoms with van der Waals surface area (Å²) in [6.45, 7) is 6.32. The zero-order chi connectivity index (χ0) is 9.52. The van der Waals surface area contributed by atoms with Crippen molar-refractivity contribution in [3.63, 3.8) is 0 Å². The molecular formula is C10H16N2O. The van der Waals surface area contributed by atoms with Crippen molar-refractivity contribution >= 4 is 5.82 Å². The largest absolute Gasteiger partial charge is 0.380 e. The van der Waals surface area contributed by atoms with Crippen LogP contribution in [0.5, 0.6) is 0 Å². The van der Waals surface area contributed by atoms with E-state index in [4.69, 9.17) is 4.74 Å². The second kappa shape index (κ2) is 5.54. The van der Waals surface area contributed by atoms with Crippen LogP contribution in [0.4, 0.5) is 5.82 Å². The molecule has 0 aliphatic rings. The summed E-state index contributed by atoms with van der Waals surface area (Å²) in [5, 5.41) is 3.17. The Morgan fingerprint density at radius 3 is 2.92 bits per heavy atom. The van der Waals surface area contributed by atoms with E-state index in [-0.39, 0.29) is 0 Å². The monoisotopic (exact) mass is 180 g/mol. The number of nitrogens with one attached hydrogen (secondary N) is 1. The highest BCUT2D eigenvalue weighted by Gasteiger charge is 1.91. The topological polar surface area (TPSA) is 34.1 Å². The zero-order valence-electron chi connectivity index (χ0n) is 8.21. The predicted octanol–water partition coefficient (Wildman–Crippen LogP) is 1.84. The van der Waals surface area contributed by atoms with Gasteiger partial charge in [0.25, 0.3) is 0 Å². The molecule has 1 rings (SSSR count). The first-order valence-electron chi connectivity index (χ1n) is 4.57. The summed E-state index contributed by atoms with van der Waals surface area (Å²) in [5.74, 6) is 0.908. The highest BCUT2D eigenvalue weighted by atomic mass is 16.5. The van der Waals surface area contributed by atoms with Crippen LogP contribution in [0.25, 0.3) is 0 Å². The van der Waals surface area contributed by atoms with Crippen LogP contribution in [-0.4, -0.2) is 24.7 Å². The first-order chi connectivity index (χ1) is 6.33. The highest BCUT2D eigenvalue weighted by Crippen LogP contribution is 2.02. The van der Waals surface area contributed by atoms with Crippen molar-refractivity contribution in [2.45, 2.75) is 13.8 Å². The number of nitrogens with zero attached hydrogens (tertiary/aromatic N) is 1. The smallest absolute Gasteiger partial charge is 0.125 e. The molecule has 1 N–H and O–H groups in total. The van der Waals surface area contributed by atoms with Gasteiger partial charge in [-0.15, -0.1) is 0 Å². The molecule has 0 aliphatic heterocycles. The molecule has 0 unspecified atom stereocenters. The Morgan fingerprint density at radius 2 is 2.31 bits per heavy atom. The third kappa shape index (κ3) is 3.90. The second-order valence-electron chi connectivity index (χ2n) is 2.84. The van der Waals surface area contributed by atoms with Gasteiger partial charge in [0.05, 0.1) is 6.61 Å². The average Bonchev–Trinajstić information content (AvgIpc) is 2.15. The van der Waals surface area contributed by atoms with Crippen molar-refractivity contribution < 1.29 is 4.74 Å². The quantitative estimate of drug-likeness (QED) is 0.702. The molecular weight excluding hydrogens is 164 g/mol. The third-order valence-corrected chi connectivity index (χ3v) is 1.67. The van der Waals surface area contributed by atoms with Gasteiger partial charge in [-0.3, -0.25) is 0 Å². The molecule has 0 saturated heterocycles. The first-order valence-corrected chi connectivity index (χ1v) is 4.57. The van der Waals surface area contributed by atoms with Crippen molar-refractivity contribution in [1.29, 1.82) is 0 Å². The molecule has 0 spiro atoms. The maximum absolute atomic E-state index is 5.19. The van der Waals surface area contributed by atoms with Crippen LogP contribution in [0, 0.1) is 6.92 Å². The predicted molar refractivity (Wildman–Crippen MR) is 54.0 cm³/mol. The summed E-state index contributed by atoms with van der Waals surface area (Å²) in [7, 11) is 0. The highest BCUT2D eigenvalue weighted by molar-refractivity contribution is 5.34. The van der Waals surface area contributed by atoms with E-state index in [9.17, 15) is 0 Å². The van der Waals surface area contributed by atoms with E-state index in [1.165, 1.54) is 5.56 Å². The number of hydrogen-bond acceptors (Lipinski definition) is 3. The third-order valence-electron chi connectivity index (χ3n) is 1.67. The molecule has 0 bridgehead atoms. The SMILES string of the molecule is CCOCCNc1ccc(C)cn1. The molecule has 72 valence electrons. The summed E-state index contributed by atoms with van der Waals surface area (Å²) in [6, 6.07) is 4.01. The molecule has 0 aromatic carbocycles. The Labute approximate surface area is 79.1 Å². The standard InChI is InChI=1S/C10H16N2O/c1-3-13-7-6-11-10-5-4-9(2)8-12-10/h4-5,8H,3,6-7H2,1-2H3,(H,11,12). The van der Waals surface area contributed by atoms with Crippen molar-refractivity contribution in [3.8, 4) is 0 Å². The van der Waals surface area contributed by atoms with Gasteiger partial charge in [-0.05, 0) is 25.5 Å². The van der Waals surface area contributed by atoms with E-state index >= 15 is 0 Å². The molecule has 1 aromatic rings. The first kappa shape index (κ1) is 9.99. The van der Waals surface area contributed by atoms with Crippen molar-refractivity contribution in [2.75, 3.05) is 25.1 Å². The number of pyridine rings is 1. The van der Waals surface area contributed by atoms with Gasteiger partial charge in [0, 0.05) is 19.3 Å². The van der Waals surface area contributed by atoms with Gasteiger partial charge in [-0.2, -0.15) is 0 Å². The molecule has 0 atom stereocenters. The summed E-state index contributed by atoms with van der Waals surface area (Å²) in [5.41, 5.74) is 1.18. The Kier molecular flexibility index (Phi) is 4.26. The van der Waals surface area contributed by atoms with E-state index in [0.29, 0.717) is 0 Å². The van der Waals surface area contributed by atoms with Crippen LogP contribution in [0.2, 0.25) is 0 Å². The Hall–Kier alpha value is -1.09. The van der Waals surface area contributed by atoms with E-state index < -0.39 is 0 Å². The zero-order valence-corrected chi connectivity index (χ0v) is 8.21. The second-order valence-corrected chi connectivity index (χ2v) is 2.84. The Balaban J connectivity index is 2.25. The van der Waals surface area contributed by atoms with Crippen LogP contribution >= 0.6 is 0 Å². The van der Waals surface area contributed by atoms with E-state index in [0.717, 1.165) is 25.6 Å². The van der Waals surface area contributed by atoms with Gasteiger partial charge >= 0.3 is 0 Å². The van der Waals surface area contributed by atoms with Crippen molar-refractivity contribution in [1.82, 2.24) is 4.98 Å². The lowest BCUT2D eigenvalue weighted by molar-refractivity contribution is 0.158. The van der Waals surface area contributed by atoms with E-state index in [1.54, 1.807) is 0 Å². The molecule has 0 fully saturated rings. The van der Waals surface area contributed by atoms with Crippen molar-refractivity contribution in [3.05, 3.63) is 23.9 Å². The summed E-state index contributed by atoms with van der Waals surface area (Å²) >= 11 is 0. The van der Waals surface area contributed by atoms with Crippen LogP contribution in [0.1, 0.15) is 12.5 Å². The number of ether oxygens (including phenoxy) is 1.